The van der Waals surface area contributed by atoms with E-state index in [1.807, 2.05) is 0 Å². The summed E-state index contributed by atoms with van der Waals surface area (Å²) in [4.78, 5) is 61.8. The normalized spacial score (nSPS) is 25.0. The standard InChI is InChI=1S/2C18H33P.3C8H5ClO3.Ru/c2*1-4-10-16(11-5-1)19(17-12-6-2-7-13-17)18-14-8-3-9-15-18;3*9-7-5(4-10)2-1-3-6(7)8(11)12;/h2*16-18H,1-15H2;3*1-3,7H,(H,11,12);/q;;;;;+3/p-3. The monoisotopic (exact) mass is 1210 g/mol. The molecule has 0 aromatic heterocycles. The summed E-state index contributed by atoms with van der Waals surface area (Å²) in [6.45, 7) is 0. The zero-order valence-corrected chi connectivity index (χ0v) is 49.5. The molecule has 15 heteroatoms. The maximum absolute atomic E-state index is 10.4. The Morgan fingerprint density at radius 3 is 0.680 bits per heavy atom. The predicted molar refractivity (Wildman–Crippen MR) is 298 cm³/mol. The average molecular weight is 1210 g/mol. The van der Waals surface area contributed by atoms with Crippen LogP contribution in [-0.2, 0) is 48.2 Å². The zero-order chi connectivity index (χ0) is 53.2. The third-order valence-electron chi connectivity index (χ3n) is 16.3. The fraction of sp³-hybridized carbons (Fsp3) is 0.650. The number of rotatable bonds is 9. The summed E-state index contributed by atoms with van der Waals surface area (Å²) in [6.07, 6.45) is 59.6. The van der Waals surface area contributed by atoms with Crippen LogP contribution in [0.4, 0.5) is 0 Å². The molecule has 9 aliphatic rings. The van der Waals surface area contributed by atoms with E-state index >= 15 is 0 Å². The largest absolute Gasteiger partial charge is 3.00 e. The summed E-state index contributed by atoms with van der Waals surface area (Å²) in [5, 5.41) is 28.3. The number of hydrogen-bond acceptors (Lipinski definition) is 9. The van der Waals surface area contributed by atoms with Crippen LogP contribution < -0.4 is 15.3 Å². The van der Waals surface area contributed by atoms with Crippen LogP contribution in [0.5, 0.6) is 0 Å². The van der Waals surface area contributed by atoms with Gasteiger partial charge >= 0.3 is 19.5 Å². The van der Waals surface area contributed by atoms with Crippen LogP contribution in [0.2, 0.25) is 0 Å². The van der Waals surface area contributed by atoms with Crippen molar-refractivity contribution in [1.29, 1.82) is 0 Å². The number of alkyl halides is 3. The maximum atomic E-state index is 10.4. The van der Waals surface area contributed by atoms with Gasteiger partial charge in [-0.25, -0.2) is 14.4 Å². The van der Waals surface area contributed by atoms with Gasteiger partial charge in [-0.2, -0.15) is 0 Å². The SMILES string of the molecule is C1CCC(P(C2CCCCC2)C2CCCCC2)CC1.C1CCC(P(C2CCCCC2)C2CCCCC2)CC1.O=C=C1C=CC=C(C(=O)[O-])C1Cl.O=C=C1C=CC=C(C(=O)[O-])C1Cl.O=C=C1C=CC=C(C(=O)[O-])C1Cl.[Ru+3]. The van der Waals surface area contributed by atoms with Crippen molar-refractivity contribution in [3.05, 3.63) is 88.1 Å². The second-order valence-corrected chi connectivity index (χ2v) is 28.7. The molecule has 9 aliphatic carbocycles. The quantitative estimate of drug-likeness (QED) is 0.0943. The topological polar surface area (TPSA) is 172 Å². The van der Waals surface area contributed by atoms with Crippen molar-refractivity contribution in [2.75, 3.05) is 0 Å². The Morgan fingerprint density at radius 1 is 0.360 bits per heavy atom. The number of carboxylic acids is 3. The first kappa shape index (κ1) is 65.1. The summed E-state index contributed by atoms with van der Waals surface area (Å²) in [6, 6.07) is 0. The van der Waals surface area contributed by atoms with Gasteiger partial charge < -0.3 is 29.7 Å². The van der Waals surface area contributed by atoms with E-state index in [4.69, 9.17) is 34.8 Å². The summed E-state index contributed by atoms with van der Waals surface area (Å²) in [7, 11) is 0.770. The summed E-state index contributed by atoms with van der Waals surface area (Å²) < 4.78 is 0. The molecule has 0 heterocycles. The second kappa shape index (κ2) is 35.9. The molecule has 0 bridgehead atoms. The average Bonchev–Trinajstić information content (AvgIpc) is 3.43. The minimum Gasteiger partial charge on any atom is -0.545 e. The molecule has 9 rings (SSSR count). The van der Waals surface area contributed by atoms with E-state index in [0.717, 1.165) is 0 Å². The third-order valence-corrected chi connectivity index (χ3v) is 25.9. The molecular formula is C60H78Cl3O9P2Ru. The van der Waals surface area contributed by atoms with Crippen LogP contribution in [-0.4, -0.2) is 85.8 Å². The fourth-order valence-corrected chi connectivity index (χ4v) is 22.8. The Hall–Kier alpha value is -2.45. The Kier molecular flexibility index (Phi) is 31.2. The van der Waals surface area contributed by atoms with E-state index in [1.165, 1.54) is 127 Å². The van der Waals surface area contributed by atoms with Gasteiger partial charge in [0.15, 0.2) is 0 Å². The molecule has 0 amide bonds. The van der Waals surface area contributed by atoms with Crippen LogP contribution in [0.15, 0.2) is 88.1 Å². The van der Waals surface area contributed by atoms with Gasteiger partial charge in [0.2, 0.25) is 0 Å². The van der Waals surface area contributed by atoms with E-state index in [-0.39, 0.29) is 52.9 Å². The van der Waals surface area contributed by atoms with Crippen molar-refractivity contribution in [3.8, 4) is 0 Å². The van der Waals surface area contributed by atoms with Gasteiger partial charge in [0.1, 0.15) is 17.8 Å². The van der Waals surface area contributed by atoms with E-state index in [2.05, 4.69) is 0 Å². The van der Waals surface area contributed by atoms with Crippen LogP contribution >= 0.6 is 50.6 Å². The van der Waals surface area contributed by atoms with Crippen LogP contribution in [0.3, 0.4) is 0 Å². The molecule has 6 saturated carbocycles. The van der Waals surface area contributed by atoms with E-state index in [1.54, 1.807) is 172 Å². The molecule has 0 aliphatic heterocycles. The Bertz CT molecular complexity index is 1890. The van der Waals surface area contributed by atoms with Gasteiger partial charge in [0.25, 0.3) is 0 Å². The van der Waals surface area contributed by atoms with Crippen molar-refractivity contribution in [2.45, 2.75) is 243 Å². The molecule has 3 atom stereocenters. The van der Waals surface area contributed by atoms with Crippen molar-refractivity contribution in [3.63, 3.8) is 0 Å². The molecule has 411 valence electrons. The van der Waals surface area contributed by atoms with Crippen molar-refractivity contribution >= 4 is 86.4 Å². The van der Waals surface area contributed by atoms with Gasteiger partial charge in [-0.3, -0.25) is 0 Å². The summed E-state index contributed by atoms with van der Waals surface area (Å²) in [5.41, 5.74) is 7.13. The molecule has 9 nitrogen and oxygen atoms in total. The van der Waals surface area contributed by atoms with Gasteiger partial charge in [-0.15, -0.1) is 34.8 Å². The van der Waals surface area contributed by atoms with Crippen molar-refractivity contribution in [1.82, 2.24) is 0 Å². The van der Waals surface area contributed by atoms with Crippen molar-refractivity contribution < 1.29 is 63.6 Å². The molecule has 0 spiro atoms. The number of carbonyl (C=O) groups excluding carboxylic acids is 6. The number of hydrogen-bond donors (Lipinski definition) is 0. The Labute approximate surface area is 477 Å². The molecular weight excluding hydrogens is 1130 g/mol. The summed E-state index contributed by atoms with van der Waals surface area (Å²) >= 11 is 16.8. The molecule has 3 unspecified atom stereocenters. The maximum Gasteiger partial charge on any atom is 3.00 e. The van der Waals surface area contributed by atoms with Gasteiger partial charge in [0.05, 0.1) is 50.8 Å². The molecule has 0 aromatic rings. The molecule has 0 saturated heterocycles. The van der Waals surface area contributed by atoms with Crippen molar-refractivity contribution in [2.24, 2.45) is 0 Å². The predicted octanol–water partition coefficient (Wildman–Crippen LogP) is 11.7. The van der Waals surface area contributed by atoms with E-state index in [0.29, 0.717) is 15.8 Å². The first-order valence-corrected chi connectivity index (χ1v) is 32.3. The second-order valence-electron chi connectivity index (χ2n) is 21.2. The molecule has 75 heavy (non-hydrogen) atoms. The molecule has 6 fully saturated rings. The number of carbonyl (C=O) groups is 3. The van der Waals surface area contributed by atoms with Gasteiger partial charge in [0, 0.05) is 0 Å². The van der Waals surface area contributed by atoms with Crippen LogP contribution in [0, 0.1) is 0 Å². The number of carboxylic acid groups (broad SMARTS) is 3. The Morgan fingerprint density at radius 2 is 0.533 bits per heavy atom. The fourth-order valence-electron chi connectivity index (χ4n) is 12.6. The molecule has 0 aromatic carbocycles. The zero-order valence-electron chi connectivity index (χ0n) is 43.7. The van der Waals surface area contributed by atoms with Gasteiger partial charge in [-0.05, 0) is 146 Å². The first-order chi connectivity index (χ1) is 35.9. The summed E-state index contributed by atoms with van der Waals surface area (Å²) in [5.74, 6) is 0.558. The van der Waals surface area contributed by atoms with Gasteiger partial charge in [-0.1, -0.05) is 168 Å². The number of allylic oxidation sites excluding steroid dienone is 12. The van der Waals surface area contributed by atoms with E-state index < -0.39 is 34.0 Å². The Balaban J connectivity index is 0.000000206. The van der Waals surface area contributed by atoms with E-state index in [9.17, 15) is 44.1 Å². The minimum atomic E-state index is -1.37. The number of halogens is 3. The molecule has 0 N–H and O–H groups in total. The minimum absolute atomic E-state index is 0. The smallest absolute Gasteiger partial charge is 0.545 e. The van der Waals surface area contributed by atoms with Crippen LogP contribution in [0.1, 0.15) is 193 Å². The number of aliphatic carboxylic acids is 3. The first-order valence-electron chi connectivity index (χ1n) is 27.9. The third kappa shape index (κ3) is 20.6. The molecule has 1 radical (unpaired) electrons. The van der Waals surface area contributed by atoms with Crippen LogP contribution in [0.25, 0.3) is 0 Å².